The Hall–Kier alpha value is -1.68. The van der Waals surface area contributed by atoms with Gasteiger partial charge in [0.25, 0.3) is 5.91 Å². The summed E-state index contributed by atoms with van der Waals surface area (Å²) in [6.07, 6.45) is -4.59. The minimum absolute atomic E-state index is 0.0574. The highest BCUT2D eigenvalue weighted by Crippen LogP contribution is 2.36. The minimum Gasteiger partial charge on any atom is -0.374 e. The Bertz CT molecular complexity index is 658. The molecule has 2 aromatic rings. The maximum absolute atomic E-state index is 12.9. The van der Waals surface area contributed by atoms with Gasteiger partial charge in [0.2, 0.25) is 10.1 Å². The summed E-state index contributed by atoms with van der Waals surface area (Å²) < 4.78 is 38.9. The molecule has 3 N–H and O–H groups in total. The Labute approximate surface area is 123 Å². The van der Waals surface area contributed by atoms with Gasteiger partial charge in [-0.2, -0.15) is 13.2 Å². The summed E-state index contributed by atoms with van der Waals surface area (Å²) in [6.45, 7) is 0. The fraction of sp³-hybridized carbons (Fsp3) is 0.100. The van der Waals surface area contributed by atoms with Gasteiger partial charge in [-0.05, 0) is 18.2 Å². The lowest BCUT2D eigenvalue weighted by molar-refractivity contribution is -0.136. The highest BCUT2D eigenvalue weighted by atomic mass is 79.9. The Morgan fingerprint density at radius 1 is 1.35 bits per heavy atom. The normalized spacial score (nSPS) is 11.4. The molecule has 2 rings (SSSR count). The van der Waals surface area contributed by atoms with Crippen molar-refractivity contribution in [3.05, 3.63) is 33.2 Å². The van der Waals surface area contributed by atoms with Crippen LogP contribution in [0.25, 0.3) is 0 Å². The second-order valence-corrected chi connectivity index (χ2v) is 5.51. The first-order valence-electron chi connectivity index (χ1n) is 5.04. The fourth-order valence-corrected chi connectivity index (χ4v) is 2.23. The van der Waals surface area contributed by atoms with Gasteiger partial charge < -0.3 is 11.1 Å². The molecule has 0 atom stereocenters. The molecule has 0 aliphatic carbocycles. The third-order valence-corrected chi connectivity index (χ3v) is 3.41. The SMILES string of the molecule is Nc1nnc(C(=O)Nc2ccc(Br)cc2C(F)(F)F)s1. The van der Waals surface area contributed by atoms with E-state index in [1.807, 2.05) is 0 Å². The van der Waals surface area contributed by atoms with Crippen LogP contribution < -0.4 is 11.1 Å². The summed E-state index contributed by atoms with van der Waals surface area (Å²) >= 11 is 3.74. The van der Waals surface area contributed by atoms with Crippen LogP contribution in [0, 0.1) is 0 Å². The molecule has 106 valence electrons. The van der Waals surface area contributed by atoms with Gasteiger partial charge in [-0.15, -0.1) is 10.2 Å². The molecule has 5 nitrogen and oxygen atoms in total. The fourth-order valence-electron chi connectivity index (χ4n) is 1.36. The number of alkyl halides is 3. The predicted octanol–water partition coefficient (Wildman–Crippen LogP) is 3.15. The van der Waals surface area contributed by atoms with Crippen LogP contribution in [0.1, 0.15) is 15.4 Å². The molecule has 0 aliphatic rings. The van der Waals surface area contributed by atoms with E-state index in [1.165, 1.54) is 6.07 Å². The number of aromatic nitrogens is 2. The average Bonchev–Trinajstić information content (AvgIpc) is 2.77. The van der Waals surface area contributed by atoms with Gasteiger partial charge in [0.05, 0.1) is 11.3 Å². The zero-order valence-corrected chi connectivity index (χ0v) is 11.9. The number of carbonyl (C=O) groups is 1. The van der Waals surface area contributed by atoms with Gasteiger partial charge in [-0.3, -0.25) is 4.79 Å². The first-order valence-corrected chi connectivity index (χ1v) is 6.65. The summed E-state index contributed by atoms with van der Waals surface area (Å²) in [5, 5.41) is 8.97. The van der Waals surface area contributed by atoms with E-state index in [9.17, 15) is 18.0 Å². The van der Waals surface area contributed by atoms with Crippen LogP contribution in [-0.4, -0.2) is 16.1 Å². The number of nitrogen functional groups attached to an aromatic ring is 1. The molecule has 1 amide bonds. The number of nitrogens with two attached hydrogens (primary N) is 1. The van der Waals surface area contributed by atoms with Gasteiger partial charge in [0.15, 0.2) is 0 Å². The highest BCUT2D eigenvalue weighted by Gasteiger charge is 2.34. The van der Waals surface area contributed by atoms with Crippen LogP contribution in [0.15, 0.2) is 22.7 Å². The molecule has 0 radical (unpaired) electrons. The predicted molar refractivity (Wildman–Crippen MR) is 71.4 cm³/mol. The summed E-state index contributed by atoms with van der Waals surface area (Å²) in [6, 6.07) is 3.42. The van der Waals surface area contributed by atoms with Crippen LogP contribution >= 0.6 is 27.3 Å². The lowest BCUT2D eigenvalue weighted by Crippen LogP contribution is -2.16. The monoisotopic (exact) mass is 366 g/mol. The van der Waals surface area contributed by atoms with Crippen molar-refractivity contribution < 1.29 is 18.0 Å². The number of carbonyl (C=O) groups excluding carboxylic acids is 1. The second-order valence-electron chi connectivity index (χ2n) is 3.59. The molecule has 0 unspecified atom stereocenters. The molecule has 0 bridgehead atoms. The van der Waals surface area contributed by atoms with Gasteiger partial charge in [-0.25, -0.2) is 0 Å². The van der Waals surface area contributed by atoms with Crippen molar-refractivity contribution in [1.82, 2.24) is 10.2 Å². The van der Waals surface area contributed by atoms with Crippen LogP contribution in [0.3, 0.4) is 0 Å². The molecule has 0 aliphatic heterocycles. The van der Waals surface area contributed by atoms with E-state index in [2.05, 4.69) is 31.4 Å². The van der Waals surface area contributed by atoms with Gasteiger partial charge in [0.1, 0.15) is 0 Å². The number of benzene rings is 1. The maximum atomic E-state index is 12.9. The van der Waals surface area contributed by atoms with E-state index in [0.29, 0.717) is 0 Å². The Morgan fingerprint density at radius 3 is 2.60 bits per heavy atom. The molecule has 0 fully saturated rings. The van der Waals surface area contributed by atoms with E-state index in [-0.39, 0.29) is 20.3 Å². The lowest BCUT2D eigenvalue weighted by Gasteiger charge is -2.13. The van der Waals surface area contributed by atoms with Gasteiger partial charge in [0, 0.05) is 4.47 Å². The number of hydrogen-bond acceptors (Lipinski definition) is 5. The summed E-state index contributed by atoms with van der Waals surface area (Å²) in [7, 11) is 0. The molecule has 1 heterocycles. The molecule has 1 aromatic heterocycles. The Kier molecular flexibility index (Phi) is 3.95. The van der Waals surface area contributed by atoms with Crippen molar-refractivity contribution in [2.45, 2.75) is 6.18 Å². The van der Waals surface area contributed by atoms with E-state index in [0.717, 1.165) is 23.5 Å². The second kappa shape index (κ2) is 5.37. The number of nitrogens with one attached hydrogen (secondary N) is 1. The number of halogens is 4. The number of anilines is 2. The number of rotatable bonds is 2. The van der Waals surface area contributed by atoms with Crippen molar-refractivity contribution >= 4 is 44.0 Å². The average molecular weight is 367 g/mol. The molecule has 0 saturated heterocycles. The van der Waals surface area contributed by atoms with E-state index in [1.54, 1.807) is 0 Å². The maximum Gasteiger partial charge on any atom is 0.418 e. The summed E-state index contributed by atoms with van der Waals surface area (Å²) in [5.74, 6) is -0.799. The van der Waals surface area contributed by atoms with Crippen molar-refractivity contribution in [2.75, 3.05) is 11.1 Å². The zero-order chi connectivity index (χ0) is 14.9. The lowest BCUT2D eigenvalue weighted by atomic mass is 10.1. The van der Waals surface area contributed by atoms with Crippen molar-refractivity contribution in [1.29, 1.82) is 0 Å². The van der Waals surface area contributed by atoms with Gasteiger partial charge >= 0.3 is 6.18 Å². The van der Waals surface area contributed by atoms with Crippen molar-refractivity contribution in [2.24, 2.45) is 0 Å². The van der Waals surface area contributed by atoms with Crippen LogP contribution in [-0.2, 0) is 6.18 Å². The van der Waals surface area contributed by atoms with Crippen LogP contribution in [0.4, 0.5) is 24.0 Å². The molecular formula is C10H6BrF3N4OS. The van der Waals surface area contributed by atoms with E-state index in [4.69, 9.17) is 5.73 Å². The smallest absolute Gasteiger partial charge is 0.374 e. The first-order chi connectivity index (χ1) is 9.27. The highest BCUT2D eigenvalue weighted by molar-refractivity contribution is 9.10. The zero-order valence-electron chi connectivity index (χ0n) is 9.53. The first kappa shape index (κ1) is 14.7. The van der Waals surface area contributed by atoms with Gasteiger partial charge in [-0.1, -0.05) is 27.3 Å². The Balaban J connectivity index is 2.32. The molecule has 0 spiro atoms. The topological polar surface area (TPSA) is 80.9 Å². The van der Waals surface area contributed by atoms with Crippen molar-refractivity contribution in [3.8, 4) is 0 Å². The molecule has 20 heavy (non-hydrogen) atoms. The summed E-state index contributed by atoms with van der Waals surface area (Å²) in [5.41, 5.74) is 3.99. The standard InChI is InChI=1S/C10H6BrF3N4OS/c11-4-1-2-6(5(3-4)10(12,13)14)16-7(19)8-17-18-9(15)20-8/h1-3H,(H2,15,18)(H,16,19). The van der Waals surface area contributed by atoms with Crippen LogP contribution in [0.5, 0.6) is 0 Å². The molecular weight excluding hydrogens is 361 g/mol. The molecule has 1 aromatic carbocycles. The number of hydrogen-bond donors (Lipinski definition) is 2. The minimum atomic E-state index is -4.59. The van der Waals surface area contributed by atoms with E-state index < -0.39 is 17.6 Å². The summed E-state index contributed by atoms with van der Waals surface area (Å²) in [4.78, 5) is 11.8. The van der Waals surface area contributed by atoms with Crippen LogP contribution in [0.2, 0.25) is 0 Å². The third kappa shape index (κ3) is 3.25. The molecule has 10 heteroatoms. The van der Waals surface area contributed by atoms with Crippen molar-refractivity contribution in [3.63, 3.8) is 0 Å². The quantitative estimate of drug-likeness (QED) is 0.855. The molecule has 0 saturated carbocycles. The number of nitrogens with zero attached hydrogens (tertiary/aromatic N) is 2. The Morgan fingerprint density at radius 2 is 2.05 bits per heavy atom. The largest absolute Gasteiger partial charge is 0.418 e. The van der Waals surface area contributed by atoms with E-state index >= 15 is 0 Å². The third-order valence-electron chi connectivity index (χ3n) is 2.17. The number of amides is 1.